The van der Waals surface area contributed by atoms with Crippen molar-refractivity contribution in [3.8, 4) is 0 Å². The van der Waals surface area contributed by atoms with Crippen LogP contribution in [0.3, 0.4) is 0 Å². The number of imidazole rings is 1. The zero-order valence-corrected chi connectivity index (χ0v) is 19.5. The molecule has 33 heavy (non-hydrogen) atoms. The zero-order valence-electron chi connectivity index (χ0n) is 18.7. The molecular formula is C22H29N3O7S. The molecule has 11 heteroatoms. The fraction of sp³-hybridized carbons (Fsp3) is 0.591. The number of aromatic nitrogens is 2. The van der Waals surface area contributed by atoms with E-state index in [1.807, 2.05) is 4.57 Å². The Labute approximate surface area is 192 Å². The molecule has 0 radical (unpaired) electrons. The molecule has 4 rings (SSSR count). The number of ether oxygens (including phenoxy) is 3. The van der Waals surface area contributed by atoms with E-state index in [2.05, 4.69) is 11.9 Å². The molecule has 2 saturated heterocycles. The lowest BCUT2D eigenvalue weighted by molar-refractivity contribution is -0.160. The summed E-state index contributed by atoms with van der Waals surface area (Å²) in [7, 11) is -3.63. The number of cyclic esters (lactones) is 1. The number of morpholine rings is 1. The van der Waals surface area contributed by atoms with Crippen LogP contribution in [-0.4, -0.2) is 73.2 Å². The highest BCUT2D eigenvalue weighted by Crippen LogP contribution is 2.25. The first kappa shape index (κ1) is 23.7. The van der Waals surface area contributed by atoms with E-state index < -0.39 is 28.1 Å². The Morgan fingerprint density at radius 2 is 2.03 bits per heavy atom. The number of hydrogen-bond donors (Lipinski definition) is 0. The van der Waals surface area contributed by atoms with Gasteiger partial charge >= 0.3 is 11.9 Å². The summed E-state index contributed by atoms with van der Waals surface area (Å²) in [6.45, 7) is 4.48. The van der Waals surface area contributed by atoms with E-state index in [1.165, 1.54) is 4.31 Å². The van der Waals surface area contributed by atoms with E-state index in [0.29, 0.717) is 57.0 Å². The second-order valence-electron chi connectivity index (χ2n) is 8.13. The molecule has 0 N–H and O–H groups in total. The van der Waals surface area contributed by atoms with Crippen molar-refractivity contribution in [1.29, 1.82) is 0 Å². The Balaban J connectivity index is 1.55. The Bertz CT molecular complexity index is 1120. The second-order valence-corrected chi connectivity index (χ2v) is 10.1. The lowest BCUT2D eigenvalue weighted by atomic mass is 10.2. The van der Waals surface area contributed by atoms with Crippen LogP contribution in [0.15, 0.2) is 23.1 Å². The van der Waals surface area contributed by atoms with Crippen molar-refractivity contribution in [2.45, 2.75) is 56.6 Å². The van der Waals surface area contributed by atoms with Gasteiger partial charge in [-0.25, -0.2) is 18.2 Å². The Morgan fingerprint density at radius 3 is 2.73 bits per heavy atom. The van der Waals surface area contributed by atoms with Gasteiger partial charge in [-0.15, -0.1) is 0 Å². The predicted octanol–water partition coefficient (Wildman–Crippen LogP) is 1.65. The van der Waals surface area contributed by atoms with E-state index in [9.17, 15) is 18.0 Å². The molecule has 0 amide bonds. The summed E-state index contributed by atoms with van der Waals surface area (Å²) in [5, 5.41) is 0. The average molecular weight is 480 g/mol. The smallest absolute Gasteiger partial charge is 0.347 e. The zero-order chi connectivity index (χ0) is 23.4. The molecule has 1 unspecified atom stereocenters. The third-order valence-electron chi connectivity index (χ3n) is 5.86. The molecule has 10 nitrogen and oxygen atoms in total. The number of hydrogen-bond acceptors (Lipinski definition) is 8. The maximum Gasteiger partial charge on any atom is 0.347 e. The van der Waals surface area contributed by atoms with Gasteiger partial charge in [0.1, 0.15) is 5.82 Å². The summed E-state index contributed by atoms with van der Waals surface area (Å²) < 4.78 is 44.8. The number of carbonyl (C=O) groups excluding carboxylic acids is 2. The second kappa shape index (κ2) is 10.2. The molecule has 0 spiro atoms. The van der Waals surface area contributed by atoms with Gasteiger partial charge in [-0.1, -0.05) is 13.3 Å². The lowest BCUT2D eigenvalue weighted by Crippen LogP contribution is -2.40. The Morgan fingerprint density at radius 1 is 1.24 bits per heavy atom. The first-order valence-corrected chi connectivity index (χ1v) is 12.8. The Hall–Kier alpha value is -2.50. The summed E-state index contributed by atoms with van der Waals surface area (Å²) in [6, 6.07) is 4.99. The van der Waals surface area contributed by atoms with Gasteiger partial charge in [-0.05, 0) is 24.6 Å². The number of sulfonamides is 1. The number of rotatable bonds is 9. The molecule has 2 aliphatic heterocycles. The van der Waals surface area contributed by atoms with Crippen LogP contribution in [0.25, 0.3) is 11.0 Å². The van der Waals surface area contributed by atoms with Gasteiger partial charge < -0.3 is 18.8 Å². The molecule has 2 aromatic rings. The minimum Gasteiger partial charge on any atom is -0.463 e. The number of unbranched alkanes of at least 4 members (excludes halogenated alkanes) is 1. The van der Waals surface area contributed by atoms with Gasteiger partial charge in [0, 0.05) is 32.5 Å². The van der Waals surface area contributed by atoms with Crippen LogP contribution in [0, 0.1) is 0 Å². The van der Waals surface area contributed by atoms with Crippen molar-refractivity contribution >= 4 is 33.0 Å². The summed E-state index contributed by atoms with van der Waals surface area (Å²) >= 11 is 0. The van der Waals surface area contributed by atoms with Gasteiger partial charge in [0.05, 0.1) is 42.2 Å². The summed E-state index contributed by atoms with van der Waals surface area (Å²) in [5.41, 5.74) is 1.40. The molecule has 1 atom stereocenters. The van der Waals surface area contributed by atoms with E-state index >= 15 is 0 Å². The SMILES string of the molecule is CCCCn1c(CCC(=O)OC2CCOC2=O)nc2cc(S(=O)(=O)N3CCOCC3)ccc21. The molecule has 180 valence electrons. The minimum absolute atomic E-state index is 0.0676. The normalized spacial score (nSPS) is 19.7. The maximum atomic E-state index is 13.0. The first-order valence-electron chi connectivity index (χ1n) is 11.3. The first-order chi connectivity index (χ1) is 15.9. The van der Waals surface area contributed by atoms with Gasteiger partial charge in [0.25, 0.3) is 0 Å². The molecule has 1 aromatic carbocycles. The monoisotopic (exact) mass is 479 g/mol. The van der Waals surface area contributed by atoms with E-state index in [4.69, 9.17) is 14.2 Å². The summed E-state index contributed by atoms with van der Waals surface area (Å²) in [5.74, 6) is -0.304. The van der Waals surface area contributed by atoms with Crippen LogP contribution in [0.5, 0.6) is 0 Å². The highest BCUT2D eigenvalue weighted by molar-refractivity contribution is 7.89. The van der Waals surface area contributed by atoms with Crippen LogP contribution < -0.4 is 0 Å². The van der Waals surface area contributed by atoms with Crippen molar-refractivity contribution in [1.82, 2.24) is 13.9 Å². The van der Waals surface area contributed by atoms with Crippen molar-refractivity contribution in [2.75, 3.05) is 32.9 Å². The third-order valence-corrected chi connectivity index (χ3v) is 7.75. The van der Waals surface area contributed by atoms with Crippen molar-refractivity contribution in [3.05, 3.63) is 24.0 Å². The van der Waals surface area contributed by atoms with Crippen LogP contribution in [0.2, 0.25) is 0 Å². The fourth-order valence-corrected chi connectivity index (χ4v) is 5.46. The van der Waals surface area contributed by atoms with Gasteiger partial charge in [-0.2, -0.15) is 4.31 Å². The predicted molar refractivity (Wildman–Crippen MR) is 118 cm³/mol. The van der Waals surface area contributed by atoms with Crippen molar-refractivity contribution in [2.24, 2.45) is 0 Å². The molecule has 0 aliphatic carbocycles. The number of fused-ring (bicyclic) bond motifs is 1. The van der Waals surface area contributed by atoms with E-state index in [-0.39, 0.29) is 17.9 Å². The number of carbonyl (C=O) groups is 2. The maximum absolute atomic E-state index is 13.0. The lowest BCUT2D eigenvalue weighted by Gasteiger charge is -2.26. The van der Waals surface area contributed by atoms with Gasteiger partial charge in [0.15, 0.2) is 0 Å². The summed E-state index contributed by atoms with van der Waals surface area (Å²) in [6.07, 6.45) is 1.84. The van der Waals surface area contributed by atoms with Crippen LogP contribution in [0.4, 0.5) is 0 Å². The van der Waals surface area contributed by atoms with Crippen molar-refractivity contribution in [3.63, 3.8) is 0 Å². The standard InChI is InChI=1S/C22H29N3O7S/c1-2-3-9-25-18-5-4-16(33(28,29)24-10-13-30-14-11-24)15-17(18)23-20(25)6-7-21(26)32-19-8-12-31-22(19)27/h4-5,15,19H,2-3,6-14H2,1H3. The van der Waals surface area contributed by atoms with E-state index in [0.717, 1.165) is 18.4 Å². The van der Waals surface area contributed by atoms with Crippen LogP contribution in [-0.2, 0) is 46.8 Å². The Kier molecular flexibility index (Phi) is 7.30. The topological polar surface area (TPSA) is 117 Å². The average Bonchev–Trinajstić information content (AvgIpc) is 3.38. The molecule has 2 aliphatic rings. The van der Waals surface area contributed by atoms with Gasteiger partial charge in [-0.3, -0.25) is 4.79 Å². The fourth-order valence-electron chi connectivity index (χ4n) is 4.03. The molecule has 0 saturated carbocycles. The molecule has 1 aromatic heterocycles. The quantitative estimate of drug-likeness (QED) is 0.499. The highest BCUT2D eigenvalue weighted by atomic mass is 32.2. The third kappa shape index (κ3) is 5.20. The number of benzene rings is 1. The van der Waals surface area contributed by atoms with Crippen LogP contribution in [0.1, 0.15) is 38.4 Å². The highest BCUT2D eigenvalue weighted by Gasteiger charge is 2.30. The number of esters is 2. The molecule has 2 fully saturated rings. The minimum atomic E-state index is -3.63. The summed E-state index contributed by atoms with van der Waals surface area (Å²) in [4.78, 5) is 28.6. The van der Waals surface area contributed by atoms with E-state index in [1.54, 1.807) is 18.2 Å². The van der Waals surface area contributed by atoms with Crippen LogP contribution >= 0.6 is 0 Å². The molecule has 3 heterocycles. The molecule has 0 bridgehead atoms. The van der Waals surface area contributed by atoms with Gasteiger partial charge in [0.2, 0.25) is 16.1 Å². The molecular weight excluding hydrogens is 450 g/mol. The largest absolute Gasteiger partial charge is 0.463 e. The number of nitrogens with zero attached hydrogens (tertiary/aromatic N) is 3. The number of aryl methyl sites for hydroxylation is 2. The van der Waals surface area contributed by atoms with Crippen molar-refractivity contribution < 1.29 is 32.2 Å².